The standard InChI is InChI=1S/C31H36Cl3N3O4S/c1-7-28(30(39)35-31(4,5)6)36(18-25-26(33)9-8-10-27(25)34)29(38)19-37(23-14-11-20(2)21(3)17-23)42(40,41)24-15-12-22(32)13-16-24/h8-17,28H,7,18-19H2,1-6H3,(H,35,39)/t28-/m1/s1. The molecule has 0 aliphatic heterocycles. The molecule has 0 saturated carbocycles. The van der Waals surface area contributed by atoms with E-state index in [-0.39, 0.29) is 23.8 Å². The first-order chi connectivity index (χ1) is 19.5. The van der Waals surface area contributed by atoms with Crippen molar-refractivity contribution < 1.29 is 18.0 Å². The zero-order chi connectivity index (χ0) is 31.4. The van der Waals surface area contributed by atoms with E-state index < -0.39 is 34.1 Å². The van der Waals surface area contributed by atoms with E-state index in [1.807, 2.05) is 34.6 Å². The van der Waals surface area contributed by atoms with Gasteiger partial charge in [0.2, 0.25) is 11.8 Å². The van der Waals surface area contributed by atoms with Gasteiger partial charge in [-0.15, -0.1) is 0 Å². The molecular formula is C31H36Cl3N3O4S. The molecule has 0 unspecified atom stereocenters. The number of amides is 2. The Balaban J connectivity index is 2.14. The fourth-order valence-electron chi connectivity index (χ4n) is 4.37. The number of nitrogens with zero attached hydrogens (tertiary/aromatic N) is 2. The minimum absolute atomic E-state index is 0.0313. The zero-order valence-corrected chi connectivity index (χ0v) is 27.6. The fraction of sp³-hybridized carbons (Fsp3) is 0.355. The molecule has 0 saturated heterocycles. The summed E-state index contributed by atoms with van der Waals surface area (Å²) in [4.78, 5) is 29.0. The van der Waals surface area contributed by atoms with Crippen LogP contribution in [0.15, 0.2) is 65.6 Å². The van der Waals surface area contributed by atoms with Gasteiger partial charge >= 0.3 is 0 Å². The van der Waals surface area contributed by atoms with Gasteiger partial charge < -0.3 is 10.2 Å². The summed E-state index contributed by atoms with van der Waals surface area (Å²) in [6.07, 6.45) is 0.267. The molecule has 0 aliphatic rings. The second-order valence-corrected chi connectivity index (χ2v) is 14.2. The van der Waals surface area contributed by atoms with E-state index >= 15 is 0 Å². The predicted molar refractivity (Wildman–Crippen MR) is 171 cm³/mol. The maximum absolute atomic E-state index is 14.2. The van der Waals surface area contributed by atoms with Crippen LogP contribution in [0.2, 0.25) is 15.1 Å². The molecule has 0 radical (unpaired) electrons. The van der Waals surface area contributed by atoms with Gasteiger partial charge in [0.05, 0.1) is 10.6 Å². The summed E-state index contributed by atoms with van der Waals surface area (Å²) in [5, 5.41) is 3.96. The Hall–Kier alpha value is -2.78. The molecule has 0 aromatic heterocycles. The summed E-state index contributed by atoms with van der Waals surface area (Å²) in [7, 11) is -4.23. The highest BCUT2D eigenvalue weighted by Gasteiger charge is 2.35. The lowest BCUT2D eigenvalue weighted by atomic mass is 10.1. The van der Waals surface area contributed by atoms with Crippen LogP contribution in [-0.2, 0) is 26.2 Å². The maximum atomic E-state index is 14.2. The number of rotatable bonds is 10. The Morgan fingerprint density at radius 1 is 0.905 bits per heavy atom. The lowest BCUT2D eigenvalue weighted by Gasteiger charge is -2.35. The first-order valence-electron chi connectivity index (χ1n) is 13.4. The van der Waals surface area contributed by atoms with Crippen LogP contribution in [0.5, 0.6) is 0 Å². The average molecular weight is 653 g/mol. The van der Waals surface area contributed by atoms with E-state index in [4.69, 9.17) is 34.8 Å². The summed E-state index contributed by atoms with van der Waals surface area (Å²) in [6.45, 7) is 10.4. The molecule has 1 atom stereocenters. The lowest BCUT2D eigenvalue weighted by Crippen LogP contribution is -2.55. The summed E-state index contributed by atoms with van der Waals surface area (Å²) in [5.41, 5.74) is 2.02. The van der Waals surface area contributed by atoms with Gasteiger partial charge in [0.15, 0.2) is 0 Å². The van der Waals surface area contributed by atoms with Crippen molar-refractivity contribution in [3.63, 3.8) is 0 Å². The van der Waals surface area contributed by atoms with Gasteiger partial charge in [0, 0.05) is 32.7 Å². The quantitative estimate of drug-likeness (QED) is 0.251. The number of aryl methyl sites for hydroxylation is 2. The Labute approximate surface area is 263 Å². The highest BCUT2D eigenvalue weighted by atomic mass is 35.5. The number of hydrogen-bond acceptors (Lipinski definition) is 4. The summed E-state index contributed by atoms with van der Waals surface area (Å²) in [5.74, 6) is -0.975. The van der Waals surface area contributed by atoms with Gasteiger partial charge in [0.25, 0.3) is 10.0 Å². The van der Waals surface area contributed by atoms with Crippen LogP contribution in [0.25, 0.3) is 0 Å². The van der Waals surface area contributed by atoms with E-state index in [2.05, 4.69) is 5.32 Å². The van der Waals surface area contributed by atoms with Gasteiger partial charge in [-0.2, -0.15) is 0 Å². The molecule has 3 aromatic carbocycles. The van der Waals surface area contributed by atoms with Crippen LogP contribution < -0.4 is 9.62 Å². The average Bonchev–Trinajstić information content (AvgIpc) is 2.89. The molecule has 0 aliphatic carbocycles. The third kappa shape index (κ3) is 8.19. The Morgan fingerprint density at radius 2 is 1.50 bits per heavy atom. The molecule has 42 heavy (non-hydrogen) atoms. The van der Waals surface area contributed by atoms with Crippen molar-refractivity contribution in [2.45, 2.75) is 71.0 Å². The number of sulfonamides is 1. The summed E-state index contributed by atoms with van der Waals surface area (Å²) >= 11 is 19.0. The molecule has 2 amide bonds. The monoisotopic (exact) mass is 651 g/mol. The predicted octanol–water partition coefficient (Wildman–Crippen LogP) is 7.18. The summed E-state index contributed by atoms with van der Waals surface area (Å²) < 4.78 is 29.1. The molecule has 0 heterocycles. The molecule has 0 fully saturated rings. The number of anilines is 1. The normalized spacial score (nSPS) is 12.5. The van der Waals surface area contributed by atoms with Gasteiger partial charge in [-0.3, -0.25) is 13.9 Å². The molecule has 11 heteroatoms. The van der Waals surface area contributed by atoms with Crippen molar-refractivity contribution in [3.8, 4) is 0 Å². The minimum Gasteiger partial charge on any atom is -0.350 e. The second-order valence-electron chi connectivity index (χ2n) is 11.1. The zero-order valence-electron chi connectivity index (χ0n) is 24.5. The van der Waals surface area contributed by atoms with E-state index in [1.165, 1.54) is 29.2 Å². The van der Waals surface area contributed by atoms with E-state index in [9.17, 15) is 18.0 Å². The molecule has 0 bridgehead atoms. The van der Waals surface area contributed by atoms with Crippen molar-refractivity contribution >= 4 is 62.3 Å². The van der Waals surface area contributed by atoms with Crippen LogP contribution >= 0.6 is 34.8 Å². The Morgan fingerprint density at radius 3 is 2.02 bits per heavy atom. The second kappa shape index (κ2) is 13.7. The van der Waals surface area contributed by atoms with Gasteiger partial charge in [-0.1, -0.05) is 53.9 Å². The molecule has 3 aromatic rings. The van der Waals surface area contributed by atoms with Crippen LogP contribution in [0.1, 0.15) is 50.8 Å². The molecule has 0 spiro atoms. The molecular weight excluding hydrogens is 617 g/mol. The fourth-order valence-corrected chi connectivity index (χ4v) is 6.42. The Bertz CT molecular complexity index is 1530. The molecule has 7 nitrogen and oxygen atoms in total. The maximum Gasteiger partial charge on any atom is 0.264 e. The summed E-state index contributed by atoms with van der Waals surface area (Å²) in [6, 6.07) is 15.0. The SMILES string of the molecule is CC[C@H](C(=O)NC(C)(C)C)N(Cc1c(Cl)cccc1Cl)C(=O)CN(c1ccc(C)c(C)c1)S(=O)(=O)c1ccc(Cl)cc1. The van der Waals surface area contributed by atoms with Crippen LogP contribution in [0.4, 0.5) is 5.69 Å². The van der Waals surface area contributed by atoms with Crippen molar-refractivity contribution in [1.29, 1.82) is 0 Å². The van der Waals surface area contributed by atoms with E-state index in [0.29, 0.717) is 26.3 Å². The minimum atomic E-state index is -4.23. The number of halogens is 3. The number of carbonyl (C=O) groups is 2. The van der Waals surface area contributed by atoms with Gasteiger partial charge in [-0.05, 0) is 101 Å². The number of carbonyl (C=O) groups excluding carboxylic acids is 2. The van der Waals surface area contributed by atoms with Crippen molar-refractivity contribution in [2.75, 3.05) is 10.8 Å². The van der Waals surface area contributed by atoms with Gasteiger partial charge in [0.1, 0.15) is 12.6 Å². The van der Waals surface area contributed by atoms with E-state index in [0.717, 1.165) is 15.4 Å². The largest absolute Gasteiger partial charge is 0.350 e. The van der Waals surface area contributed by atoms with Crippen molar-refractivity contribution in [3.05, 3.63) is 92.4 Å². The smallest absolute Gasteiger partial charge is 0.264 e. The van der Waals surface area contributed by atoms with E-state index in [1.54, 1.807) is 43.3 Å². The van der Waals surface area contributed by atoms with Crippen molar-refractivity contribution in [2.24, 2.45) is 0 Å². The van der Waals surface area contributed by atoms with Gasteiger partial charge in [-0.25, -0.2) is 8.42 Å². The third-order valence-corrected chi connectivity index (χ3v) is 9.48. The van der Waals surface area contributed by atoms with Crippen LogP contribution in [0.3, 0.4) is 0 Å². The van der Waals surface area contributed by atoms with Crippen LogP contribution in [-0.4, -0.2) is 43.3 Å². The van der Waals surface area contributed by atoms with Crippen molar-refractivity contribution in [1.82, 2.24) is 10.2 Å². The third-order valence-electron chi connectivity index (χ3n) is 6.73. The number of hydrogen-bond donors (Lipinski definition) is 1. The Kier molecular flexibility index (Phi) is 11.0. The topological polar surface area (TPSA) is 86.8 Å². The highest BCUT2D eigenvalue weighted by Crippen LogP contribution is 2.30. The first-order valence-corrected chi connectivity index (χ1v) is 16.0. The molecule has 1 N–H and O–H groups in total. The van der Waals surface area contributed by atoms with Crippen LogP contribution in [0, 0.1) is 13.8 Å². The number of nitrogens with one attached hydrogen (secondary N) is 1. The number of benzene rings is 3. The lowest BCUT2D eigenvalue weighted by molar-refractivity contribution is -0.141. The highest BCUT2D eigenvalue weighted by molar-refractivity contribution is 7.92. The first kappa shape index (κ1) is 33.7. The molecule has 3 rings (SSSR count). The molecule has 226 valence electrons.